The lowest BCUT2D eigenvalue weighted by Gasteiger charge is -2.07. The Morgan fingerprint density at radius 3 is 2.53 bits per heavy atom. The van der Waals surface area contributed by atoms with E-state index in [1.165, 1.54) is 0 Å². The second-order valence-corrected chi connectivity index (χ2v) is 4.23. The molecular formula is C16H10N2O. The lowest BCUT2D eigenvalue weighted by atomic mass is 10.0. The monoisotopic (exact) mass is 246 g/mol. The molecule has 1 heterocycles. The van der Waals surface area contributed by atoms with Crippen LogP contribution in [0.15, 0.2) is 54.6 Å². The summed E-state index contributed by atoms with van der Waals surface area (Å²) in [6.45, 7) is 0. The Kier molecular flexibility index (Phi) is 2.62. The van der Waals surface area contributed by atoms with Gasteiger partial charge < -0.3 is 5.11 Å². The molecule has 0 aliphatic carbocycles. The van der Waals surface area contributed by atoms with Crippen LogP contribution in [0.1, 0.15) is 5.69 Å². The lowest BCUT2D eigenvalue weighted by Crippen LogP contribution is -1.89. The largest absolute Gasteiger partial charge is 0.508 e. The van der Waals surface area contributed by atoms with E-state index >= 15 is 0 Å². The van der Waals surface area contributed by atoms with E-state index in [9.17, 15) is 5.11 Å². The van der Waals surface area contributed by atoms with E-state index in [4.69, 9.17) is 5.26 Å². The van der Waals surface area contributed by atoms with Crippen molar-refractivity contribution in [1.82, 2.24) is 4.98 Å². The van der Waals surface area contributed by atoms with Gasteiger partial charge in [-0.25, -0.2) is 4.98 Å². The summed E-state index contributed by atoms with van der Waals surface area (Å²) in [4.78, 5) is 4.22. The van der Waals surface area contributed by atoms with Crippen molar-refractivity contribution in [1.29, 1.82) is 5.26 Å². The van der Waals surface area contributed by atoms with Crippen molar-refractivity contribution in [3.05, 3.63) is 60.3 Å². The molecule has 0 unspecified atom stereocenters. The predicted molar refractivity (Wildman–Crippen MR) is 73.6 cm³/mol. The van der Waals surface area contributed by atoms with Crippen LogP contribution < -0.4 is 0 Å². The van der Waals surface area contributed by atoms with Gasteiger partial charge in [0.2, 0.25) is 0 Å². The molecule has 1 aromatic heterocycles. The summed E-state index contributed by atoms with van der Waals surface area (Å²) >= 11 is 0. The van der Waals surface area contributed by atoms with Gasteiger partial charge >= 0.3 is 0 Å². The quantitative estimate of drug-likeness (QED) is 0.715. The first-order valence-corrected chi connectivity index (χ1v) is 5.87. The third-order valence-electron chi connectivity index (χ3n) is 2.99. The highest BCUT2D eigenvalue weighted by Crippen LogP contribution is 2.30. The molecule has 2 aromatic carbocycles. The third-order valence-corrected chi connectivity index (χ3v) is 2.99. The number of pyridine rings is 1. The average molecular weight is 246 g/mol. The molecule has 0 saturated carbocycles. The van der Waals surface area contributed by atoms with Crippen LogP contribution in [-0.4, -0.2) is 10.1 Å². The highest BCUT2D eigenvalue weighted by atomic mass is 16.3. The predicted octanol–water partition coefficient (Wildman–Crippen LogP) is 3.48. The number of phenolic OH excluding ortho intramolecular Hbond substituents is 1. The fourth-order valence-corrected chi connectivity index (χ4v) is 2.13. The molecule has 0 aliphatic rings. The van der Waals surface area contributed by atoms with Gasteiger partial charge in [-0.2, -0.15) is 5.26 Å². The van der Waals surface area contributed by atoms with Gasteiger partial charge in [-0.15, -0.1) is 0 Å². The maximum Gasteiger partial charge on any atom is 0.141 e. The average Bonchev–Trinajstić information content (AvgIpc) is 2.46. The molecule has 0 atom stereocenters. The summed E-state index contributed by atoms with van der Waals surface area (Å²) in [7, 11) is 0. The van der Waals surface area contributed by atoms with Crippen LogP contribution >= 0.6 is 0 Å². The van der Waals surface area contributed by atoms with Crippen LogP contribution in [-0.2, 0) is 0 Å². The molecule has 0 aliphatic heterocycles. The van der Waals surface area contributed by atoms with Gasteiger partial charge in [0.25, 0.3) is 0 Å². The molecule has 19 heavy (non-hydrogen) atoms. The van der Waals surface area contributed by atoms with Crippen molar-refractivity contribution in [3.8, 4) is 22.9 Å². The molecule has 0 bridgehead atoms. The van der Waals surface area contributed by atoms with Crippen LogP contribution in [0.2, 0.25) is 0 Å². The van der Waals surface area contributed by atoms with Crippen LogP contribution in [0.5, 0.6) is 5.75 Å². The Bertz CT molecular complexity index is 789. The molecule has 90 valence electrons. The molecule has 3 heteroatoms. The molecule has 0 saturated heterocycles. The van der Waals surface area contributed by atoms with E-state index in [-0.39, 0.29) is 5.75 Å². The number of aromatic nitrogens is 1. The van der Waals surface area contributed by atoms with Gasteiger partial charge in [0.15, 0.2) is 0 Å². The molecule has 3 nitrogen and oxygen atoms in total. The maximum absolute atomic E-state index is 9.53. The first-order chi connectivity index (χ1) is 9.28. The van der Waals surface area contributed by atoms with Crippen LogP contribution in [0.25, 0.3) is 22.0 Å². The van der Waals surface area contributed by atoms with Crippen molar-refractivity contribution < 1.29 is 5.11 Å². The summed E-state index contributed by atoms with van der Waals surface area (Å²) in [5.41, 5.74) is 2.94. The lowest BCUT2D eigenvalue weighted by molar-refractivity contribution is 0.476. The Morgan fingerprint density at radius 1 is 1.00 bits per heavy atom. The fraction of sp³-hybridized carbons (Fsp3) is 0. The summed E-state index contributed by atoms with van der Waals surface area (Å²) in [6, 6.07) is 18.7. The number of aromatic hydroxyl groups is 1. The first-order valence-electron chi connectivity index (χ1n) is 5.87. The van der Waals surface area contributed by atoms with Crippen molar-refractivity contribution in [2.45, 2.75) is 0 Å². The zero-order chi connectivity index (χ0) is 13.2. The zero-order valence-electron chi connectivity index (χ0n) is 10.0. The number of phenols is 1. The molecular weight excluding hydrogens is 236 g/mol. The van der Waals surface area contributed by atoms with Gasteiger partial charge in [0.1, 0.15) is 17.5 Å². The molecule has 0 fully saturated rings. The van der Waals surface area contributed by atoms with E-state index in [0.717, 1.165) is 16.5 Å². The van der Waals surface area contributed by atoms with Crippen molar-refractivity contribution in [2.75, 3.05) is 0 Å². The van der Waals surface area contributed by atoms with Crippen molar-refractivity contribution >= 4 is 10.9 Å². The van der Waals surface area contributed by atoms with Crippen LogP contribution in [0, 0.1) is 11.3 Å². The molecule has 0 spiro atoms. The molecule has 3 rings (SSSR count). The topological polar surface area (TPSA) is 56.9 Å². The molecule has 0 amide bonds. The van der Waals surface area contributed by atoms with Gasteiger partial charge in [0.05, 0.1) is 5.52 Å². The first kappa shape index (κ1) is 11.2. The normalized spacial score (nSPS) is 10.3. The minimum absolute atomic E-state index is 0.147. The van der Waals surface area contributed by atoms with Crippen molar-refractivity contribution in [2.24, 2.45) is 0 Å². The Morgan fingerprint density at radius 2 is 1.79 bits per heavy atom. The number of rotatable bonds is 1. The minimum atomic E-state index is 0.147. The van der Waals surface area contributed by atoms with E-state index in [1.807, 2.05) is 36.4 Å². The SMILES string of the molecule is N#Cc1cc(-c2ccccc2)c2ccc(O)cc2n1. The summed E-state index contributed by atoms with van der Waals surface area (Å²) in [5.74, 6) is 0.147. The second kappa shape index (κ2) is 4.43. The Labute approximate surface area is 110 Å². The van der Waals surface area contributed by atoms with Gasteiger partial charge in [0, 0.05) is 11.5 Å². The number of hydrogen-bond acceptors (Lipinski definition) is 3. The van der Waals surface area contributed by atoms with E-state index in [1.54, 1.807) is 18.2 Å². The van der Waals surface area contributed by atoms with Crippen LogP contribution in [0.4, 0.5) is 0 Å². The number of hydrogen-bond donors (Lipinski definition) is 1. The fourth-order valence-electron chi connectivity index (χ4n) is 2.13. The van der Waals surface area contributed by atoms with Crippen LogP contribution in [0.3, 0.4) is 0 Å². The molecule has 3 aromatic rings. The van der Waals surface area contributed by atoms with Gasteiger partial charge in [-0.3, -0.25) is 0 Å². The summed E-state index contributed by atoms with van der Waals surface area (Å²) in [5, 5.41) is 19.5. The van der Waals surface area contributed by atoms with Gasteiger partial charge in [-0.05, 0) is 29.3 Å². The standard InChI is InChI=1S/C16H10N2O/c17-10-12-8-15(11-4-2-1-3-5-11)14-7-6-13(19)9-16(14)18-12/h1-9,19H. The van der Waals surface area contributed by atoms with E-state index in [2.05, 4.69) is 11.1 Å². The smallest absolute Gasteiger partial charge is 0.141 e. The number of nitriles is 1. The highest BCUT2D eigenvalue weighted by Gasteiger charge is 2.08. The number of nitrogens with zero attached hydrogens (tertiary/aromatic N) is 2. The highest BCUT2D eigenvalue weighted by molar-refractivity contribution is 5.95. The van der Waals surface area contributed by atoms with E-state index < -0.39 is 0 Å². The second-order valence-electron chi connectivity index (χ2n) is 4.23. The third kappa shape index (κ3) is 2.00. The Hall–Kier alpha value is -2.86. The summed E-state index contributed by atoms with van der Waals surface area (Å²) in [6.07, 6.45) is 0. The van der Waals surface area contributed by atoms with Crippen molar-refractivity contribution in [3.63, 3.8) is 0 Å². The molecule has 1 N–H and O–H groups in total. The minimum Gasteiger partial charge on any atom is -0.508 e. The molecule has 0 radical (unpaired) electrons. The van der Waals surface area contributed by atoms with Gasteiger partial charge in [-0.1, -0.05) is 30.3 Å². The summed E-state index contributed by atoms with van der Waals surface area (Å²) < 4.78 is 0. The zero-order valence-corrected chi connectivity index (χ0v) is 10.0. The number of benzene rings is 2. The maximum atomic E-state index is 9.53. The van der Waals surface area contributed by atoms with E-state index in [0.29, 0.717) is 11.2 Å². The Balaban J connectivity index is 2.38. The number of fused-ring (bicyclic) bond motifs is 1.